The molecule has 3 aromatic rings. The molecule has 0 atom stereocenters. The van der Waals surface area contributed by atoms with Gasteiger partial charge in [0.2, 0.25) is 0 Å². The van der Waals surface area contributed by atoms with E-state index in [1.807, 2.05) is 30.3 Å². The Kier molecular flexibility index (Phi) is 5.81. The minimum absolute atomic E-state index is 0.0460. The Morgan fingerprint density at radius 3 is 2.35 bits per heavy atom. The van der Waals surface area contributed by atoms with Crippen LogP contribution < -0.4 is 10.5 Å². The maximum Gasteiger partial charge on any atom is 0.419 e. The molecule has 6 nitrogen and oxygen atoms in total. The number of hydrogen-bond acceptors (Lipinski definition) is 4. The average Bonchev–Trinajstić information content (AvgIpc) is 2.97. The molecule has 1 aliphatic rings. The van der Waals surface area contributed by atoms with Gasteiger partial charge >= 0.3 is 6.18 Å². The lowest BCUT2D eigenvalue weighted by Crippen LogP contribution is -2.47. The highest BCUT2D eigenvalue weighted by Crippen LogP contribution is 2.35. The van der Waals surface area contributed by atoms with Gasteiger partial charge in [0.05, 0.1) is 16.9 Å². The van der Waals surface area contributed by atoms with Gasteiger partial charge in [0.1, 0.15) is 10.8 Å². The lowest BCUT2D eigenvalue weighted by molar-refractivity contribution is -0.137. The van der Waals surface area contributed by atoms with E-state index in [1.54, 1.807) is 16.6 Å². The third-order valence-corrected chi connectivity index (χ3v) is 5.84. The van der Waals surface area contributed by atoms with Gasteiger partial charge in [-0.05, 0) is 24.3 Å². The molecule has 0 saturated carbocycles. The van der Waals surface area contributed by atoms with Gasteiger partial charge in [-0.3, -0.25) is 14.4 Å². The summed E-state index contributed by atoms with van der Waals surface area (Å²) in [5.41, 5.74) is 0.349. The fraction of sp³-hybridized carbons (Fsp3) is 0.333. The highest BCUT2D eigenvalue weighted by molar-refractivity contribution is 6.31. The number of hydrogen-bond donors (Lipinski definition) is 0. The molecule has 1 fully saturated rings. The number of pyridine rings is 1. The second-order valence-electron chi connectivity index (χ2n) is 7.37. The van der Waals surface area contributed by atoms with Crippen LogP contribution in [0.4, 0.5) is 19.0 Å². The second kappa shape index (κ2) is 8.39. The molecule has 1 saturated heterocycles. The molecule has 4 rings (SSSR count). The summed E-state index contributed by atoms with van der Waals surface area (Å²) in [5.74, 6) is -0.0460. The fourth-order valence-corrected chi connectivity index (χ4v) is 4.11. The van der Waals surface area contributed by atoms with Gasteiger partial charge in [0.25, 0.3) is 5.56 Å². The number of alkyl halides is 3. The molecule has 164 valence electrons. The Labute approximate surface area is 182 Å². The third-order valence-electron chi connectivity index (χ3n) is 5.46. The maximum absolute atomic E-state index is 13.3. The standard InChI is InChI=1S/C21H21ClF3N5O/c1-27-17(18(22)20(31)30(27)15-6-3-2-4-7-15)14-28-10-12-29(13-11-28)19-16(21(23,24)25)8-5-9-26-19/h2-9H,10-14H2,1H3. The number of piperazine rings is 1. The highest BCUT2D eigenvalue weighted by atomic mass is 35.5. The van der Waals surface area contributed by atoms with Crippen LogP contribution >= 0.6 is 11.6 Å². The number of aromatic nitrogens is 3. The van der Waals surface area contributed by atoms with E-state index in [9.17, 15) is 18.0 Å². The van der Waals surface area contributed by atoms with Crippen LogP contribution in [0.5, 0.6) is 0 Å². The van der Waals surface area contributed by atoms with Crippen molar-refractivity contribution >= 4 is 17.4 Å². The van der Waals surface area contributed by atoms with E-state index in [-0.39, 0.29) is 16.4 Å². The van der Waals surface area contributed by atoms with E-state index in [1.165, 1.54) is 16.9 Å². The molecule has 10 heteroatoms. The predicted molar refractivity (Wildman–Crippen MR) is 113 cm³/mol. The summed E-state index contributed by atoms with van der Waals surface area (Å²) < 4.78 is 43.2. The normalized spacial score (nSPS) is 15.5. The summed E-state index contributed by atoms with van der Waals surface area (Å²) in [6.45, 7) is 2.26. The van der Waals surface area contributed by atoms with Crippen molar-refractivity contribution in [3.63, 3.8) is 0 Å². The smallest absolute Gasteiger partial charge is 0.354 e. The van der Waals surface area contributed by atoms with Gasteiger partial charge in [-0.2, -0.15) is 13.2 Å². The Morgan fingerprint density at radius 1 is 1.03 bits per heavy atom. The molecular weight excluding hydrogens is 431 g/mol. The molecule has 0 aliphatic carbocycles. The first-order valence-corrected chi connectivity index (χ1v) is 10.2. The summed E-state index contributed by atoms with van der Waals surface area (Å²) in [5, 5.41) is 0.151. The van der Waals surface area contributed by atoms with E-state index >= 15 is 0 Å². The SMILES string of the molecule is Cn1c(CN2CCN(c3ncccc3C(F)(F)F)CC2)c(Cl)c(=O)n1-c1ccccc1. The lowest BCUT2D eigenvalue weighted by Gasteiger charge is -2.36. The van der Waals surface area contributed by atoms with Crippen molar-refractivity contribution < 1.29 is 13.2 Å². The molecule has 3 heterocycles. The first-order chi connectivity index (χ1) is 14.8. The molecule has 2 aromatic heterocycles. The number of nitrogens with zero attached hydrogens (tertiary/aromatic N) is 5. The van der Waals surface area contributed by atoms with Gasteiger partial charge in [0.15, 0.2) is 0 Å². The van der Waals surface area contributed by atoms with Crippen LogP contribution in [0.25, 0.3) is 5.69 Å². The van der Waals surface area contributed by atoms with E-state index in [4.69, 9.17) is 11.6 Å². The summed E-state index contributed by atoms with van der Waals surface area (Å²) >= 11 is 6.36. The van der Waals surface area contributed by atoms with Gasteiger partial charge in [-0.1, -0.05) is 29.8 Å². The molecule has 0 N–H and O–H groups in total. The van der Waals surface area contributed by atoms with Gasteiger partial charge < -0.3 is 4.90 Å². The van der Waals surface area contributed by atoms with Crippen LogP contribution in [0, 0.1) is 0 Å². The van der Waals surface area contributed by atoms with Crippen molar-refractivity contribution in [2.24, 2.45) is 7.05 Å². The second-order valence-corrected chi connectivity index (χ2v) is 7.75. The van der Waals surface area contributed by atoms with E-state index in [0.29, 0.717) is 44.1 Å². The molecule has 1 aliphatic heterocycles. The van der Waals surface area contributed by atoms with Crippen molar-refractivity contribution in [2.45, 2.75) is 12.7 Å². The van der Waals surface area contributed by atoms with Gasteiger partial charge in [0, 0.05) is 46.0 Å². The first-order valence-electron chi connectivity index (χ1n) is 9.78. The average molecular weight is 452 g/mol. The number of benzene rings is 1. The van der Waals surface area contributed by atoms with E-state index in [0.717, 1.165) is 6.07 Å². The predicted octanol–water partition coefficient (Wildman–Crippen LogP) is 3.57. The fourth-order valence-electron chi connectivity index (χ4n) is 3.85. The number of halogens is 4. The topological polar surface area (TPSA) is 46.3 Å². The molecule has 0 bridgehead atoms. The van der Waals surface area contributed by atoms with Crippen LogP contribution in [0.15, 0.2) is 53.5 Å². The summed E-state index contributed by atoms with van der Waals surface area (Å²) in [7, 11) is 1.77. The Bertz CT molecular complexity index is 1120. The lowest BCUT2D eigenvalue weighted by atomic mass is 10.2. The number of rotatable bonds is 4. The molecular formula is C21H21ClF3N5O. The highest BCUT2D eigenvalue weighted by Gasteiger charge is 2.36. The zero-order valence-electron chi connectivity index (χ0n) is 16.8. The van der Waals surface area contributed by atoms with Crippen molar-refractivity contribution in [2.75, 3.05) is 31.1 Å². The van der Waals surface area contributed by atoms with E-state index < -0.39 is 11.7 Å². The minimum atomic E-state index is -4.45. The van der Waals surface area contributed by atoms with Gasteiger partial charge in [-0.25, -0.2) is 9.67 Å². The summed E-state index contributed by atoms with van der Waals surface area (Å²) in [4.78, 5) is 20.4. The molecule has 1 aromatic carbocycles. The van der Waals surface area contributed by atoms with E-state index in [2.05, 4.69) is 9.88 Å². The van der Waals surface area contributed by atoms with Crippen molar-refractivity contribution in [1.29, 1.82) is 0 Å². The third kappa shape index (κ3) is 4.20. The maximum atomic E-state index is 13.3. The molecule has 31 heavy (non-hydrogen) atoms. The largest absolute Gasteiger partial charge is 0.419 e. The van der Waals surface area contributed by atoms with Gasteiger partial charge in [-0.15, -0.1) is 0 Å². The molecule has 0 spiro atoms. The molecule has 0 radical (unpaired) electrons. The Hall–Kier alpha value is -2.78. The molecule has 0 amide bonds. The zero-order chi connectivity index (χ0) is 22.2. The number of para-hydroxylation sites is 1. The Balaban J connectivity index is 1.50. The zero-order valence-corrected chi connectivity index (χ0v) is 17.6. The van der Waals surface area contributed by atoms with Crippen LogP contribution in [-0.4, -0.2) is 45.4 Å². The summed E-state index contributed by atoms with van der Waals surface area (Å²) in [6, 6.07) is 11.5. The van der Waals surface area contributed by atoms with Crippen LogP contribution in [0.3, 0.4) is 0 Å². The first kappa shape index (κ1) is 21.5. The van der Waals surface area contributed by atoms with Crippen LogP contribution in [-0.2, 0) is 19.8 Å². The van der Waals surface area contributed by atoms with Crippen molar-refractivity contribution in [3.8, 4) is 5.69 Å². The quantitative estimate of drug-likeness (QED) is 0.608. The molecule has 0 unspecified atom stereocenters. The Morgan fingerprint density at radius 2 is 1.71 bits per heavy atom. The van der Waals surface area contributed by atoms with Crippen molar-refractivity contribution in [3.05, 3.63) is 75.3 Å². The summed E-state index contributed by atoms with van der Waals surface area (Å²) in [6.07, 6.45) is -3.08. The monoisotopic (exact) mass is 451 g/mol. The van der Waals surface area contributed by atoms with Crippen LogP contribution in [0.2, 0.25) is 5.02 Å². The number of anilines is 1. The van der Waals surface area contributed by atoms with Crippen molar-refractivity contribution in [1.82, 2.24) is 19.2 Å². The van der Waals surface area contributed by atoms with Crippen LogP contribution in [0.1, 0.15) is 11.3 Å². The minimum Gasteiger partial charge on any atom is -0.354 e.